The van der Waals surface area contributed by atoms with Crippen LogP contribution in [0.5, 0.6) is 0 Å². The second kappa shape index (κ2) is 9.40. The van der Waals surface area contributed by atoms with Gasteiger partial charge in [-0.1, -0.05) is 13.8 Å². The van der Waals surface area contributed by atoms with Gasteiger partial charge in [0.2, 0.25) is 5.95 Å². The molecule has 0 saturated carbocycles. The maximum atomic E-state index is 15.0. The number of piperidine rings is 1. The van der Waals surface area contributed by atoms with Crippen LogP contribution in [0.4, 0.5) is 10.3 Å². The lowest BCUT2D eigenvalue weighted by Crippen LogP contribution is -2.44. The van der Waals surface area contributed by atoms with Gasteiger partial charge in [-0.25, -0.2) is 19.3 Å². The predicted octanol–water partition coefficient (Wildman–Crippen LogP) is 3.13. The van der Waals surface area contributed by atoms with Gasteiger partial charge in [0, 0.05) is 30.6 Å². The Kier molecular flexibility index (Phi) is 6.57. The number of nitrogens with one attached hydrogen (secondary N) is 1. The molecule has 0 bridgehead atoms. The molecule has 0 amide bonds. The molecule has 176 valence electrons. The van der Waals surface area contributed by atoms with E-state index in [0.29, 0.717) is 71.9 Å². The fourth-order valence-electron chi connectivity index (χ4n) is 4.25. The summed E-state index contributed by atoms with van der Waals surface area (Å²) >= 11 is 0. The van der Waals surface area contributed by atoms with Crippen LogP contribution in [-0.2, 0) is 6.54 Å². The first-order chi connectivity index (χ1) is 16.1. The number of fused-ring (bicyclic) bond motifs is 2. The Morgan fingerprint density at radius 1 is 1.09 bits per heavy atom. The SMILES string of the molecule is CC.CCn1cnc2cc(-c3nc(N4CCC(CO)(CO)CC4)nc4nc[nH]c34)cc(F)c21. The van der Waals surface area contributed by atoms with Crippen LogP contribution in [0.15, 0.2) is 24.8 Å². The highest BCUT2D eigenvalue weighted by Gasteiger charge is 2.34. The number of halogens is 1. The average molecular weight is 456 g/mol. The molecule has 0 radical (unpaired) electrons. The van der Waals surface area contributed by atoms with Crippen LogP contribution in [0.3, 0.4) is 0 Å². The summed E-state index contributed by atoms with van der Waals surface area (Å²) in [4.78, 5) is 23.1. The van der Waals surface area contributed by atoms with E-state index in [9.17, 15) is 14.6 Å². The van der Waals surface area contributed by atoms with Gasteiger partial charge >= 0.3 is 0 Å². The van der Waals surface area contributed by atoms with Crippen molar-refractivity contribution in [2.75, 3.05) is 31.2 Å². The Balaban J connectivity index is 0.00000126. The summed E-state index contributed by atoms with van der Waals surface area (Å²) < 4.78 is 16.7. The number of aliphatic hydroxyl groups excluding tert-OH is 2. The molecule has 4 heterocycles. The summed E-state index contributed by atoms with van der Waals surface area (Å²) in [6, 6.07) is 3.30. The van der Waals surface area contributed by atoms with E-state index in [0.717, 1.165) is 0 Å². The Morgan fingerprint density at radius 3 is 2.48 bits per heavy atom. The first-order valence-electron chi connectivity index (χ1n) is 11.4. The van der Waals surface area contributed by atoms with Crippen molar-refractivity contribution >= 4 is 28.1 Å². The van der Waals surface area contributed by atoms with Crippen molar-refractivity contribution in [1.29, 1.82) is 0 Å². The van der Waals surface area contributed by atoms with Crippen LogP contribution < -0.4 is 4.90 Å². The molecule has 0 spiro atoms. The van der Waals surface area contributed by atoms with Gasteiger partial charge in [-0.2, -0.15) is 4.98 Å². The van der Waals surface area contributed by atoms with Gasteiger partial charge < -0.3 is 24.7 Å². The number of rotatable bonds is 5. The maximum absolute atomic E-state index is 15.0. The number of imidazole rings is 2. The molecule has 3 N–H and O–H groups in total. The standard InChI is InChI=1S/C21H24FN7O2.C2H6/c1-2-28-12-25-15-8-13(7-14(22)18(15)28)16-17-19(24-11-23-17)27-20(26-16)29-5-3-21(9-30,10-31)4-6-29;1-2/h7-8,11-12,30-31H,2-6,9-10H2,1H3,(H,23,24,26,27);1-2H3. The molecular weight excluding hydrogens is 425 g/mol. The minimum Gasteiger partial charge on any atom is -0.396 e. The number of aryl methyl sites for hydroxylation is 1. The molecule has 1 saturated heterocycles. The van der Waals surface area contributed by atoms with E-state index in [4.69, 9.17) is 4.98 Å². The molecule has 0 unspecified atom stereocenters. The molecule has 1 aliphatic heterocycles. The van der Waals surface area contributed by atoms with E-state index in [-0.39, 0.29) is 19.0 Å². The number of aliphatic hydroxyl groups is 2. The van der Waals surface area contributed by atoms with Gasteiger partial charge in [-0.15, -0.1) is 0 Å². The van der Waals surface area contributed by atoms with E-state index >= 15 is 0 Å². The fraction of sp³-hybridized carbons (Fsp3) is 0.478. The third-order valence-electron chi connectivity index (χ3n) is 6.33. The zero-order valence-corrected chi connectivity index (χ0v) is 19.2. The number of anilines is 1. The van der Waals surface area contributed by atoms with Gasteiger partial charge in [0.1, 0.15) is 22.5 Å². The van der Waals surface area contributed by atoms with Crippen molar-refractivity contribution in [3.63, 3.8) is 0 Å². The second-order valence-electron chi connectivity index (χ2n) is 8.13. The maximum Gasteiger partial charge on any atom is 0.228 e. The predicted molar refractivity (Wildman–Crippen MR) is 125 cm³/mol. The Morgan fingerprint density at radius 2 is 1.82 bits per heavy atom. The molecule has 1 fully saturated rings. The number of nitrogens with zero attached hydrogens (tertiary/aromatic N) is 6. The van der Waals surface area contributed by atoms with Gasteiger partial charge in [0.05, 0.1) is 31.4 Å². The fourth-order valence-corrected chi connectivity index (χ4v) is 4.25. The van der Waals surface area contributed by atoms with Gasteiger partial charge in [-0.05, 0) is 31.9 Å². The zero-order valence-electron chi connectivity index (χ0n) is 19.2. The largest absolute Gasteiger partial charge is 0.396 e. The number of aromatic amines is 1. The van der Waals surface area contributed by atoms with Crippen molar-refractivity contribution in [2.24, 2.45) is 5.41 Å². The van der Waals surface area contributed by atoms with E-state index in [1.807, 2.05) is 31.7 Å². The third-order valence-corrected chi connectivity index (χ3v) is 6.33. The van der Waals surface area contributed by atoms with Crippen LogP contribution in [0.1, 0.15) is 33.6 Å². The van der Waals surface area contributed by atoms with Crippen LogP contribution in [0, 0.1) is 11.2 Å². The van der Waals surface area contributed by atoms with Crippen molar-refractivity contribution < 1.29 is 14.6 Å². The Labute approximate surface area is 191 Å². The first kappa shape index (κ1) is 23.1. The quantitative estimate of drug-likeness (QED) is 0.423. The molecule has 33 heavy (non-hydrogen) atoms. The van der Waals surface area contributed by atoms with E-state index in [1.165, 1.54) is 6.07 Å². The summed E-state index contributed by atoms with van der Waals surface area (Å²) in [5.74, 6) is 0.145. The molecule has 9 nitrogen and oxygen atoms in total. The number of hydrogen-bond acceptors (Lipinski definition) is 7. The summed E-state index contributed by atoms with van der Waals surface area (Å²) in [5.41, 5.74) is 2.87. The van der Waals surface area contributed by atoms with Crippen molar-refractivity contribution in [1.82, 2.24) is 29.5 Å². The summed E-state index contributed by atoms with van der Waals surface area (Å²) in [5, 5.41) is 19.3. The van der Waals surface area contributed by atoms with Gasteiger partial charge in [0.15, 0.2) is 5.65 Å². The molecule has 1 aromatic carbocycles. The van der Waals surface area contributed by atoms with E-state index in [2.05, 4.69) is 19.9 Å². The first-order valence-corrected chi connectivity index (χ1v) is 11.4. The highest BCUT2D eigenvalue weighted by molar-refractivity contribution is 5.91. The topological polar surface area (TPSA) is 116 Å². The smallest absolute Gasteiger partial charge is 0.228 e. The molecule has 0 aliphatic carbocycles. The minimum atomic E-state index is -0.470. The number of aromatic nitrogens is 6. The van der Waals surface area contributed by atoms with Crippen molar-refractivity contribution in [2.45, 2.75) is 40.2 Å². The monoisotopic (exact) mass is 455 g/mol. The minimum absolute atomic E-state index is 0.0501. The van der Waals surface area contributed by atoms with Crippen LogP contribution in [0.25, 0.3) is 33.5 Å². The molecule has 10 heteroatoms. The third kappa shape index (κ3) is 4.04. The van der Waals surface area contributed by atoms with E-state index < -0.39 is 5.41 Å². The van der Waals surface area contributed by atoms with Crippen molar-refractivity contribution in [3.05, 3.63) is 30.6 Å². The summed E-state index contributed by atoms with van der Waals surface area (Å²) in [6.07, 6.45) is 4.45. The molecule has 1 aliphatic rings. The molecule has 3 aromatic heterocycles. The number of benzene rings is 1. The highest BCUT2D eigenvalue weighted by Crippen LogP contribution is 2.34. The van der Waals surface area contributed by atoms with Crippen LogP contribution >= 0.6 is 0 Å². The van der Waals surface area contributed by atoms with Gasteiger partial charge in [0.25, 0.3) is 0 Å². The molecular formula is C23H30FN7O2. The highest BCUT2D eigenvalue weighted by atomic mass is 19.1. The Bertz CT molecular complexity index is 1240. The molecule has 5 rings (SSSR count). The molecule has 0 atom stereocenters. The summed E-state index contributed by atoms with van der Waals surface area (Å²) in [6.45, 7) is 7.68. The lowest BCUT2D eigenvalue weighted by Gasteiger charge is -2.39. The van der Waals surface area contributed by atoms with Crippen molar-refractivity contribution in [3.8, 4) is 11.3 Å². The lowest BCUT2D eigenvalue weighted by atomic mass is 9.80. The van der Waals surface area contributed by atoms with E-state index in [1.54, 1.807) is 17.2 Å². The van der Waals surface area contributed by atoms with Crippen LogP contribution in [-0.4, -0.2) is 66.0 Å². The molecule has 4 aromatic rings. The zero-order chi connectivity index (χ0) is 23.6. The lowest BCUT2D eigenvalue weighted by molar-refractivity contribution is 0.0338. The summed E-state index contributed by atoms with van der Waals surface area (Å²) in [7, 11) is 0. The Hall–Kier alpha value is -3.11. The number of hydrogen-bond donors (Lipinski definition) is 3. The second-order valence-corrected chi connectivity index (χ2v) is 8.13. The average Bonchev–Trinajstić information content (AvgIpc) is 3.51. The number of H-pyrrole nitrogens is 1. The van der Waals surface area contributed by atoms with Gasteiger partial charge in [-0.3, -0.25) is 0 Å². The normalized spacial score (nSPS) is 15.6. The van der Waals surface area contributed by atoms with Crippen LogP contribution in [0.2, 0.25) is 0 Å².